The van der Waals surface area contributed by atoms with Crippen LogP contribution in [0.2, 0.25) is 10.0 Å². The van der Waals surface area contributed by atoms with Crippen LogP contribution in [0, 0.1) is 18.5 Å². The van der Waals surface area contributed by atoms with Gasteiger partial charge in [0.2, 0.25) is 0 Å². The Morgan fingerprint density at radius 3 is 2.22 bits per heavy atom. The van der Waals surface area contributed by atoms with Gasteiger partial charge in [-0.3, -0.25) is 0 Å². The van der Waals surface area contributed by atoms with E-state index in [4.69, 9.17) is 37.9 Å². The Morgan fingerprint density at radius 2 is 1.70 bits per heavy atom. The van der Waals surface area contributed by atoms with Crippen molar-refractivity contribution in [2.45, 2.75) is 0 Å². The van der Waals surface area contributed by atoms with E-state index in [1.165, 1.54) is 19.2 Å². The van der Waals surface area contributed by atoms with Crippen molar-refractivity contribution in [1.82, 2.24) is 0 Å². The summed E-state index contributed by atoms with van der Waals surface area (Å²) in [5.74, 6) is -0.175. The van der Waals surface area contributed by atoms with Crippen molar-refractivity contribution in [3.05, 3.63) is 52.6 Å². The lowest BCUT2D eigenvalue weighted by molar-refractivity contribution is 0.0728. The number of nitrogens with zero attached hydrogens (tertiary/aromatic N) is 1. The summed E-state index contributed by atoms with van der Waals surface area (Å²) in [6, 6.07) is 8.34. The third-order valence-electron chi connectivity index (χ3n) is 2.79. The first-order valence-corrected chi connectivity index (χ1v) is 8.93. The van der Waals surface area contributed by atoms with E-state index in [1.54, 1.807) is 12.1 Å². The highest BCUT2D eigenvalue weighted by molar-refractivity contribution is 14.1. The Hall–Kier alpha value is -0.760. The van der Waals surface area contributed by atoms with Gasteiger partial charge in [0.05, 0.1) is 35.9 Å². The summed E-state index contributed by atoms with van der Waals surface area (Å²) < 4.78 is 11.9. The van der Waals surface area contributed by atoms with Crippen LogP contribution in [0.25, 0.3) is 0 Å². The summed E-state index contributed by atoms with van der Waals surface area (Å²) in [5.41, 5.74) is 0.537. The Labute approximate surface area is 169 Å². The minimum absolute atomic E-state index is 0.0534. The summed E-state index contributed by atoms with van der Waals surface area (Å²) in [5, 5.41) is 9.39. The molecule has 0 heterocycles. The summed E-state index contributed by atoms with van der Waals surface area (Å²) in [6.45, 7) is 0. The van der Waals surface area contributed by atoms with Crippen LogP contribution in [-0.2, 0) is 0 Å². The van der Waals surface area contributed by atoms with Gasteiger partial charge in [-0.1, -0.05) is 23.2 Å². The van der Waals surface area contributed by atoms with Crippen molar-refractivity contribution >= 4 is 74.4 Å². The van der Waals surface area contributed by atoms with Crippen molar-refractivity contribution in [3.8, 4) is 17.6 Å². The Morgan fingerprint density at radius 1 is 1.13 bits per heavy atom. The van der Waals surface area contributed by atoms with Gasteiger partial charge in [0.1, 0.15) is 5.56 Å². The normalized spacial score (nSPS) is 10.1. The molecule has 4 nitrogen and oxygen atoms in total. The number of nitriles is 1. The van der Waals surface area contributed by atoms with E-state index in [0.717, 1.165) is 0 Å². The minimum Gasteiger partial charge on any atom is -0.494 e. The Kier molecular flexibility index (Phi) is 6.36. The van der Waals surface area contributed by atoms with Crippen LogP contribution < -0.4 is 9.47 Å². The molecule has 0 saturated heterocycles. The third-order valence-corrected chi connectivity index (χ3v) is 5.00. The number of benzene rings is 2. The lowest BCUT2D eigenvalue weighted by Crippen LogP contribution is -2.13. The molecule has 0 unspecified atom stereocenters. The predicted octanol–water partition coefficient (Wildman–Crippen LogP) is 5.30. The van der Waals surface area contributed by atoms with E-state index in [2.05, 4.69) is 0 Å². The minimum atomic E-state index is -0.685. The molecule has 0 atom stereocenters. The highest BCUT2D eigenvalue weighted by atomic mass is 127. The zero-order chi connectivity index (χ0) is 17.1. The second-order valence-electron chi connectivity index (χ2n) is 4.21. The fourth-order valence-electron chi connectivity index (χ4n) is 1.79. The van der Waals surface area contributed by atoms with Gasteiger partial charge >= 0.3 is 5.97 Å². The SMILES string of the molecule is COc1c(Cl)ccc(Cl)c1C(=O)Oc1c(I)cc(C#N)cc1I. The van der Waals surface area contributed by atoms with Gasteiger partial charge in [0, 0.05) is 0 Å². The molecule has 0 fully saturated rings. The molecule has 8 heteroatoms. The average molecular weight is 574 g/mol. The van der Waals surface area contributed by atoms with Crippen LogP contribution >= 0.6 is 68.4 Å². The van der Waals surface area contributed by atoms with Crippen LogP contribution in [0.4, 0.5) is 0 Å². The Bertz CT molecular complexity index is 811. The highest BCUT2D eigenvalue weighted by Crippen LogP contribution is 2.36. The smallest absolute Gasteiger partial charge is 0.348 e. The molecule has 0 N–H and O–H groups in total. The third kappa shape index (κ3) is 4.02. The molecular weight excluding hydrogens is 567 g/mol. The number of hydrogen-bond donors (Lipinski definition) is 0. The van der Waals surface area contributed by atoms with Gasteiger partial charge in [-0.25, -0.2) is 4.79 Å². The van der Waals surface area contributed by atoms with Crippen LogP contribution in [-0.4, -0.2) is 13.1 Å². The first-order valence-electron chi connectivity index (χ1n) is 6.02. The van der Waals surface area contributed by atoms with Crippen molar-refractivity contribution < 1.29 is 14.3 Å². The number of carbonyl (C=O) groups is 1. The van der Waals surface area contributed by atoms with Crippen LogP contribution in [0.5, 0.6) is 11.5 Å². The molecule has 0 aliphatic heterocycles. The molecule has 2 aromatic carbocycles. The van der Waals surface area contributed by atoms with Gasteiger partial charge in [0.25, 0.3) is 0 Å². The number of methoxy groups -OCH3 is 1. The standard InChI is InChI=1S/C15H7Cl2I2NO3/c1-22-13-9(17)3-2-8(16)12(13)15(21)23-14-10(18)4-7(6-20)5-11(14)19/h2-5H,1H3. The van der Waals surface area contributed by atoms with E-state index in [0.29, 0.717) is 18.5 Å². The maximum atomic E-state index is 12.5. The predicted molar refractivity (Wildman–Crippen MR) is 105 cm³/mol. The van der Waals surface area contributed by atoms with Gasteiger partial charge in [-0.2, -0.15) is 5.26 Å². The second kappa shape index (κ2) is 7.88. The lowest BCUT2D eigenvalue weighted by atomic mass is 10.2. The van der Waals surface area contributed by atoms with Gasteiger partial charge in [-0.15, -0.1) is 0 Å². The van der Waals surface area contributed by atoms with Crippen LogP contribution in [0.15, 0.2) is 24.3 Å². The number of halogens is 4. The number of ether oxygens (including phenoxy) is 2. The fraction of sp³-hybridized carbons (Fsp3) is 0.0667. The van der Waals surface area contributed by atoms with E-state index in [-0.39, 0.29) is 21.4 Å². The molecule has 2 aromatic rings. The van der Waals surface area contributed by atoms with E-state index in [1.807, 2.05) is 51.3 Å². The monoisotopic (exact) mass is 573 g/mol. The second-order valence-corrected chi connectivity index (χ2v) is 7.35. The molecule has 0 aliphatic rings. The molecule has 0 spiro atoms. The molecule has 0 amide bonds. The molecule has 0 radical (unpaired) electrons. The number of rotatable bonds is 3. The van der Waals surface area contributed by atoms with Gasteiger partial charge in [0.15, 0.2) is 11.5 Å². The first kappa shape index (κ1) is 18.6. The fourth-order valence-corrected chi connectivity index (χ4v) is 4.24. The molecule has 0 bridgehead atoms. The van der Waals surface area contributed by atoms with Crippen molar-refractivity contribution in [1.29, 1.82) is 5.26 Å². The van der Waals surface area contributed by atoms with Crippen LogP contribution in [0.1, 0.15) is 15.9 Å². The summed E-state index contributed by atoms with van der Waals surface area (Å²) in [7, 11) is 1.39. The maximum Gasteiger partial charge on any atom is 0.348 e. The van der Waals surface area contributed by atoms with E-state index >= 15 is 0 Å². The zero-order valence-corrected chi connectivity index (χ0v) is 17.3. The lowest BCUT2D eigenvalue weighted by Gasteiger charge is -2.13. The first-order chi connectivity index (χ1) is 10.9. The molecule has 2 rings (SSSR count). The van der Waals surface area contributed by atoms with Crippen LogP contribution in [0.3, 0.4) is 0 Å². The highest BCUT2D eigenvalue weighted by Gasteiger charge is 2.23. The van der Waals surface area contributed by atoms with E-state index in [9.17, 15) is 4.79 Å². The molecular formula is C15H7Cl2I2NO3. The van der Waals surface area contributed by atoms with Gasteiger partial charge in [-0.05, 0) is 69.4 Å². The summed E-state index contributed by atoms with van der Waals surface area (Å²) in [4.78, 5) is 12.5. The zero-order valence-electron chi connectivity index (χ0n) is 11.5. The summed E-state index contributed by atoms with van der Waals surface area (Å²) in [6.07, 6.45) is 0. The molecule has 0 saturated carbocycles. The van der Waals surface area contributed by atoms with Crippen molar-refractivity contribution in [2.24, 2.45) is 0 Å². The molecule has 23 heavy (non-hydrogen) atoms. The molecule has 118 valence electrons. The maximum absolute atomic E-state index is 12.5. The van der Waals surface area contributed by atoms with Crippen molar-refractivity contribution in [2.75, 3.05) is 7.11 Å². The average Bonchev–Trinajstić information content (AvgIpc) is 2.52. The molecule has 0 aliphatic carbocycles. The number of carbonyl (C=O) groups excluding carboxylic acids is 1. The number of hydrogen-bond acceptors (Lipinski definition) is 4. The van der Waals surface area contributed by atoms with Gasteiger partial charge < -0.3 is 9.47 Å². The quantitative estimate of drug-likeness (QED) is 0.284. The molecule has 0 aromatic heterocycles. The topological polar surface area (TPSA) is 59.3 Å². The van der Waals surface area contributed by atoms with E-state index < -0.39 is 5.97 Å². The largest absolute Gasteiger partial charge is 0.494 e. The Balaban J connectivity index is 2.46. The summed E-state index contributed by atoms with van der Waals surface area (Å²) >= 11 is 16.1. The number of esters is 1. The van der Waals surface area contributed by atoms with Crippen molar-refractivity contribution in [3.63, 3.8) is 0 Å².